The van der Waals surface area contributed by atoms with Gasteiger partial charge in [0.05, 0.1) is 18.1 Å². The fraction of sp³-hybridized carbons (Fsp3) is 0.950. The topological polar surface area (TPSA) is 50.8 Å². The van der Waals surface area contributed by atoms with Gasteiger partial charge in [-0.3, -0.25) is 4.79 Å². The fourth-order valence-electron chi connectivity index (χ4n) is 6.03. The van der Waals surface area contributed by atoms with Gasteiger partial charge in [-0.15, -0.1) is 0 Å². The van der Waals surface area contributed by atoms with Crippen LogP contribution in [0.3, 0.4) is 0 Å². The van der Waals surface area contributed by atoms with Crippen LogP contribution in [0.25, 0.3) is 0 Å². The number of carbonyl (C=O) groups excluding carboxylic acids is 1. The molecule has 4 rings (SSSR count). The Bertz CT molecular complexity index is 549. The molecule has 3 heterocycles. The molecule has 1 N–H and O–H groups in total. The van der Waals surface area contributed by atoms with Crippen molar-refractivity contribution in [2.75, 3.05) is 33.4 Å². The first kappa shape index (κ1) is 19.5. The van der Waals surface area contributed by atoms with E-state index in [1.54, 1.807) is 7.11 Å². The Kier molecular flexibility index (Phi) is 5.72. The Labute approximate surface area is 160 Å². The smallest absolute Gasteiger partial charge is 0.239 e. The van der Waals surface area contributed by atoms with Gasteiger partial charge in [-0.1, -0.05) is 0 Å². The molecule has 27 heavy (non-hydrogen) atoms. The maximum atomic E-state index is 13.4. The highest BCUT2D eigenvalue weighted by Crippen LogP contribution is 2.50. The molecule has 0 spiro atoms. The van der Waals surface area contributed by atoms with Crippen LogP contribution >= 0.6 is 0 Å². The second-order valence-electron chi connectivity index (χ2n) is 9.07. The summed E-state index contributed by atoms with van der Waals surface area (Å²) < 4.78 is 38.0. The minimum Gasteiger partial charge on any atom is -0.379 e. The molecule has 1 saturated carbocycles. The first-order valence-electron chi connectivity index (χ1n) is 10.4. The number of piperazine rings is 1. The predicted octanol–water partition coefficient (Wildman–Crippen LogP) is 2.44. The van der Waals surface area contributed by atoms with Crippen LogP contribution in [-0.4, -0.2) is 68.8 Å². The molecule has 2 bridgehead atoms. The molecule has 7 heteroatoms. The van der Waals surface area contributed by atoms with Gasteiger partial charge in [0.2, 0.25) is 12.3 Å². The van der Waals surface area contributed by atoms with E-state index in [0.29, 0.717) is 43.9 Å². The first-order chi connectivity index (χ1) is 13.0. The van der Waals surface area contributed by atoms with E-state index in [1.165, 1.54) is 0 Å². The number of rotatable bonds is 6. The summed E-state index contributed by atoms with van der Waals surface area (Å²) in [6, 6.07) is 0.550. The van der Waals surface area contributed by atoms with Crippen LogP contribution in [0.15, 0.2) is 0 Å². The van der Waals surface area contributed by atoms with Crippen molar-refractivity contribution in [2.45, 2.75) is 69.6 Å². The number of amides is 1. The minimum absolute atomic E-state index is 0.00503. The van der Waals surface area contributed by atoms with E-state index < -0.39 is 11.8 Å². The third kappa shape index (κ3) is 3.87. The van der Waals surface area contributed by atoms with Crippen LogP contribution in [-0.2, 0) is 14.3 Å². The zero-order chi connectivity index (χ0) is 19.0. The fourth-order valence-corrected chi connectivity index (χ4v) is 6.03. The van der Waals surface area contributed by atoms with Crippen molar-refractivity contribution in [3.63, 3.8) is 0 Å². The molecule has 4 fully saturated rings. The zero-order valence-corrected chi connectivity index (χ0v) is 16.2. The highest BCUT2D eigenvalue weighted by atomic mass is 19.3. The number of carbonyl (C=O) groups is 1. The van der Waals surface area contributed by atoms with Gasteiger partial charge in [-0.05, 0) is 50.4 Å². The zero-order valence-electron chi connectivity index (χ0n) is 16.2. The number of nitrogens with zero attached hydrogens (tertiary/aromatic N) is 1. The lowest BCUT2D eigenvalue weighted by Crippen LogP contribution is -2.52. The van der Waals surface area contributed by atoms with E-state index >= 15 is 0 Å². The molecule has 3 aliphatic heterocycles. The van der Waals surface area contributed by atoms with Gasteiger partial charge in [-0.25, -0.2) is 8.78 Å². The molecule has 0 radical (unpaired) electrons. The Morgan fingerprint density at radius 1 is 1.41 bits per heavy atom. The molecule has 3 saturated heterocycles. The summed E-state index contributed by atoms with van der Waals surface area (Å²) in [6.07, 6.45) is 2.31. The van der Waals surface area contributed by atoms with E-state index in [2.05, 4.69) is 5.32 Å². The number of hydrogen-bond donors (Lipinski definition) is 1. The summed E-state index contributed by atoms with van der Waals surface area (Å²) in [5.41, 5.74) is -0.864. The van der Waals surface area contributed by atoms with Crippen molar-refractivity contribution in [1.29, 1.82) is 0 Å². The molecule has 154 valence electrons. The molecule has 6 atom stereocenters. The molecule has 0 aromatic carbocycles. The molecule has 4 aliphatic rings. The highest BCUT2D eigenvalue weighted by molar-refractivity contribution is 5.84. The molecule has 0 aromatic rings. The number of methoxy groups -OCH3 is 1. The van der Waals surface area contributed by atoms with Crippen molar-refractivity contribution < 1.29 is 23.0 Å². The monoisotopic (exact) mass is 386 g/mol. The third-order valence-corrected chi connectivity index (χ3v) is 7.41. The summed E-state index contributed by atoms with van der Waals surface area (Å²) in [5, 5.41) is 3.39. The molecule has 1 aliphatic carbocycles. The van der Waals surface area contributed by atoms with Gasteiger partial charge in [-0.2, -0.15) is 0 Å². The Hall–Kier alpha value is -0.790. The van der Waals surface area contributed by atoms with Crippen molar-refractivity contribution >= 4 is 5.91 Å². The third-order valence-electron chi connectivity index (χ3n) is 7.41. The van der Waals surface area contributed by atoms with Gasteiger partial charge in [0.1, 0.15) is 0 Å². The normalized spacial score (nSPS) is 41.6. The van der Waals surface area contributed by atoms with Gasteiger partial charge >= 0.3 is 0 Å². The highest BCUT2D eigenvalue weighted by Gasteiger charge is 2.52. The summed E-state index contributed by atoms with van der Waals surface area (Å²) in [4.78, 5) is 15.3. The van der Waals surface area contributed by atoms with Crippen molar-refractivity contribution in [3.05, 3.63) is 0 Å². The van der Waals surface area contributed by atoms with E-state index in [0.717, 1.165) is 38.8 Å². The standard InChI is InChI=1S/C20H32F2N2O3/c1-26-17-12-27-5-3-14(17)6-13-2-4-20(8-13,9-18(21)22)19(25)24-11-15-7-16(24)10-23-15/h13-18,23H,2-12H2,1H3/t13-,14+,15+,16+,17+,20-/m0/s1. The summed E-state index contributed by atoms with van der Waals surface area (Å²) in [6.45, 7) is 2.84. The molecule has 0 unspecified atom stereocenters. The number of hydrogen-bond acceptors (Lipinski definition) is 4. The SMILES string of the molecule is CO[C@@H]1COCC[C@@H]1C[C@@H]1CC[C@](CC(F)F)(C(=O)N2C[C@H]3C[C@@H]2CN3)C1. The Balaban J connectivity index is 1.44. The predicted molar refractivity (Wildman–Crippen MR) is 96.6 cm³/mol. The van der Waals surface area contributed by atoms with E-state index in [1.807, 2.05) is 4.90 Å². The summed E-state index contributed by atoms with van der Waals surface area (Å²) >= 11 is 0. The van der Waals surface area contributed by atoms with Crippen molar-refractivity contribution in [3.8, 4) is 0 Å². The number of fused-ring (bicyclic) bond motifs is 2. The Morgan fingerprint density at radius 2 is 2.26 bits per heavy atom. The lowest BCUT2D eigenvalue weighted by Gasteiger charge is -2.37. The van der Waals surface area contributed by atoms with Crippen LogP contribution in [0.2, 0.25) is 0 Å². The van der Waals surface area contributed by atoms with Crippen LogP contribution in [0.5, 0.6) is 0 Å². The van der Waals surface area contributed by atoms with Crippen LogP contribution in [0.4, 0.5) is 8.78 Å². The van der Waals surface area contributed by atoms with Crippen molar-refractivity contribution in [2.24, 2.45) is 17.3 Å². The second kappa shape index (κ2) is 7.91. The second-order valence-corrected chi connectivity index (χ2v) is 9.07. The van der Waals surface area contributed by atoms with Gasteiger partial charge in [0.15, 0.2) is 0 Å². The first-order valence-corrected chi connectivity index (χ1v) is 10.4. The molecule has 1 amide bonds. The number of ether oxygens (including phenoxy) is 2. The quantitative estimate of drug-likeness (QED) is 0.762. The van der Waals surface area contributed by atoms with Gasteiger partial charge in [0, 0.05) is 45.3 Å². The van der Waals surface area contributed by atoms with E-state index in [-0.39, 0.29) is 24.5 Å². The summed E-state index contributed by atoms with van der Waals surface area (Å²) in [7, 11) is 1.71. The molecular formula is C20H32F2N2O3. The number of likely N-dealkylation sites (tertiary alicyclic amines) is 1. The van der Waals surface area contributed by atoms with Crippen LogP contribution in [0.1, 0.15) is 44.9 Å². The number of halogens is 2. The maximum Gasteiger partial charge on any atom is 0.239 e. The van der Waals surface area contributed by atoms with Gasteiger partial charge < -0.3 is 19.7 Å². The van der Waals surface area contributed by atoms with Gasteiger partial charge in [0.25, 0.3) is 0 Å². The average Bonchev–Trinajstić information content (AvgIpc) is 3.37. The lowest BCUT2D eigenvalue weighted by atomic mass is 9.78. The van der Waals surface area contributed by atoms with Crippen LogP contribution < -0.4 is 5.32 Å². The van der Waals surface area contributed by atoms with E-state index in [9.17, 15) is 13.6 Å². The maximum absolute atomic E-state index is 13.4. The molecule has 5 nitrogen and oxygen atoms in total. The average molecular weight is 386 g/mol. The lowest BCUT2D eigenvalue weighted by molar-refractivity contribution is -0.146. The number of nitrogens with one attached hydrogen (secondary N) is 1. The van der Waals surface area contributed by atoms with Crippen LogP contribution in [0, 0.1) is 17.3 Å². The minimum atomic E-state index is -2.43. The number of alkyl halides is 2. The van der Waals surface area contributed by atoms with E-state index in [4.69, 9.17) is 9.47 Å². The van der Waals surface area contributed by atoms with Crippen molar-refractivity contribution in [1.82, 2.24) is 10.2 Å². The molecule has 0 aromatic heterocycles. The summed E-state index contributed by atoms with van der Waals surface area (Å²) in [5.74, 6) is 0.721. The Morgan fingerprint density at radius 3 is 2.93 bits per heavy atom. The molecular weight excluding hydrogens is 354 g/mol. The largest absolute Gasteiger partial charge is 0.379 e.